The van der Waals surface area contributed by atoms with Crippen LogP contribution in [0.15, 0.2) is 48.5 Å². The molecule has 0 unspecified atom stereocenters. The smallest absolute Gasteiger partial charge is 0.234 e. The van der Waals surface area contributed by atoms with Crippen molar-refractivity contribution in [2.75, 3.05) is 39.4 Å². The van der Waals surface area contributed by atoms with Crippen molar-refractivity contribution in [2.45, 2.75) is 52.1 Å². The molecule has 0 fully saturated rings. The quantitative estimate of drug-likeness (QED) is 0.605. The molecule has 7 heteroatoms. The largest absolute Gasteiger partial charge is 0.493 e. The van der Waals surface area contributed by atoms with Gasteiger partial charge < -0.3 is 20.1 Å². The molecule has 0 atom stereocenters. The average Bonchev–Trinajstić information content (AvgIpc) is 2.87. The van der Waals surface area contributed by atoms with Crippen LogP contribution >= 0.6 is 0 Å². The Bertz CT molecular complexity index is 935. The summed E-state index contributed by atoms with van der Waals surface area (Å²) in [5.41, 5.74) is 3.24. The molecule has 1 heterocycles. The molecule has 190 valence electrons. The van der Waals surface area contributed by atoms with Gasteiger partial charge in [0, 0.05) is 44.7 Å². The number of likely N-dealkylation sites (N-methyl/N-ethyl adjacent to an activating group) is 1. The standard InChI is InChI=1S/C28H39N3O4/c1-2-31(16-17-32)28(34)14-12-23-11-13-26-25(19-23)21-30(20-24-9-5-3-6-10-24)22-27(33)29-15-7-4-8-18-35-26/h3,5-6,9-11,13,19,32H,2,4,7-8,12,14-18,20-22H2,1H3,(H,29,33). The topological polar surface area (TPSA) is 82.1 Å². The number of nitrogens with zero attached hydrogens (tertiary/aromatic N) is 2. The van der Waals surface area contributed by atoms with E-state index in [1.54, 1.807) is 4.90 Å². The van der Waals surface area contributed by atoms with Crippen LogP contribution in [0.25, 0.3) is 0 Å². The van der Waals surface area contributed by atoms with Gasteiger partial charge in [-0.3, -0.25) is 14.5 Å². The molecule has 0 bridgehead atoms. The number of amides is 2. The van der Waals surface area contributed by atoms with E-state index in [9.17, 15) is 14.7 Å². The van der Waals surface area contributed by atoms with E-state index in [1.807, 2.05) is 37.3 Å². The van der Waals surface area contributed by atoms with E-state index in [4.69, 9.17) is 4.74 Å². The Balaban J connectivity index is 1.79. The van der Waals surface area contributed by atoms with Crippen LogP contribution in [0.4, 0.5) is 0 Å². The normalized spacial score (nSPS) is 15.5. The lowest BCUT2D eigenvalue weighted by Crippen LogP contribution is -2.37. The molecule has 1 aliphatic heterocycles. The Morgan fingerprint density at radius 3 is 2.69 bits per heavy atom. The highest BCUT2D eigenvalue weighted by Gasteiger charge is 2.17. The molecule has 0 saturated heterocycles. The molecule has 1 aliphatic rings. The summed E-state index contributed by atoms with van der Waals surface area (Å²) < 4.78 is 6.16. The number of benzene rings is 2. The number of fused-ring (bicyclic) bond motifs is 1. The predicted octanol–water partition coefficient (Wildman–Crippen LogP) is 3.14. The van der Waals surface area contributed by atoms with E-state index < -0.39 is 0 Å². The molecular weight excluding hydrogens is 442 g/mol. The fourth-order valence-corrected chi connectivity index (χ4v) is 4.36. The van der Waals surface area contributed by atoms with Crippen LogP contribution in [0.1, 0.15) is 49.3 Å². The van der Waals surface area contributed by atoms with E-state index in [0.29, 0.717) is 58.7 Å². The number of nitrogens with one attached hydrogen (secondary N) is 1. The van der Waals surface area contributed by atoms with Crippen LogP contribution in [-0.4, -0.2) is 66.1 Å². The van der Waals surface area contributed by atoms with Crippen molar-refractivity contribution in [3.05, 3.63) is 65.2 Å². The minimum absolute atomic E-state index is 0.0272. The lowest BCUT2D eigenvalue weighted by atomic mass is 10.0. The summed E-state index contributed by atoms with van der Waals surface area (Å²) in [6, 6.07) is 16.3. The number of aryl methyl sites for hydroxylation is 1. The second-order valence-electron chi connectivity index (χ2n) is 9.03. The Hall–Kier alpha value is -2.90. The number of ether oxygens (including phenoxy) is 1. The second kappa shape index (κ2) is 14.5. The highest BCUT2D eigenvalue weighted by molar-refractivity contribution is 5.78. The van der Waals surface area contributed by atoms with Gasteiger partial charge in [0.2, 0.25) is 11.8 Å². The van der Waals surface area contributed by atoms with Crippen LogP contribution < -0.4 is 10.1 Å². The van der Waals surface area contributed by atoms with E-state index in [2.05, 4.69) is 28.4 Å². The first kappa shape index (κ1) is 26.7. The molecule has 2 aromatic rings. The van der Waals surface area contributed by atoms with Gasteiger partial charge in [0.15, 0.2) is 0 Å². The van der Waals surface area contributed by atoms with Gasteiger partial charge in [0.25, 0.3) is 0 Å². The summed E-state index contributed by atoms with van der Waals surface area (Å²) in [7, 11) is 0. The zero-order valence-corrected chi connectivity index (χ0v) is 20.9. The first-order valence-electron chi connectivity index (χ1n) is 12.7. The third-order valence-electron chi connectivity index (χ3n) is 6.27. The van der Waals surface area contributed by atoms with Crippen LogP contribution in [-0.2, 0) is 29.1 Å². The van der Waals surface area contributed by atoms with Crippen LogP contribution in [0, 0.1) is 0 Å². The van der Waals surface area contributed by atoms with E-state index >= 15 is 0 Å². The summed E-state index contributed by atoms with van der Waals surface area (Å²) in [5.74, 6) is 0.922. The maximum absolute atomic E-state index is 12.6. The maximum atomic E-state index is 12.6. The van der Waals surface area contributed by atoms with Crippen molar-refractivity contribution in [3.8, 4) is 5.75 Å². The number of carbonyl (C=O) groups excluding carboxylic acids is 2. The molecule has 0 aliphatic carbocycles. The third-order valence-corrected chi connectivity index (χ3v) is 6.27. The molecule has 0 saturated carbocycles. The van der Waals surface area contributed by atoms with E-state index in [-0.39, 0.29) is 18.4 Å². The van der Waals surface area contributed by atoms with Gasteiger partial charge in [-0.2, -0.15) is 0 Å². The van der Waals surface area contributed by atoms with Crippen molar-refractivity contribution in [3.63, 3.8) is 0 Å². The average molecular weight is 482 g/mol. The van der Waals surface area contributed by atoms with Gasteiger partial charge in [-0.1, -0.05) is 42.5 Å². The number of hydrogen-bond acceptors (Lipinski definition) is 5. The zero-order valence-electron chi connectivity index (χ0n) is 20.9. The van der Waals surface area contributed by atoms with Crippen molar-refractivity contribution >= 4 is 11.8 Å². The molecule has 2 aromatic carbocycles. The molecule has 2 N–H and O–H groups in total. The SMILES string of the molecule is CCN(CCO)C(=O)CCc1ccc2c(c1)CN(Cc1ccccc1)CC(=O)NCCCCCO2. The molecule has 0 radical (unpaired) electrons. The lowest BCUT2D eigenvalue weighted by molar-refractivity contribution is -0.131. The number of aliphatic hydroxyl groups excluding tert-OH is 1. The fourth-order valence-electron chi connectivity index (χ4n) is 4.36. The first-order valence-corrected chi connectivity index (χ1v) is 12.7. The summed E-state index contributed by atoms with van der Waals surface area (Å²) in [4.78, 5) is 29.0. The van der Waals surface area contributed by atoms with Crippen molar-refractivity contribution in [2.24, 2.45) is 0 Å². The number of carbonyl (C=O) groups is 2. The summed E-state index contributed by atoms with van der Waals surface area (Å²) in [5, 5.41) is 12.2. The van der Waals surface area contributed by atoms with Crippen molar-refractivity contribution in [1.29, 1.82) is 0 Å². The van der Waals surface area contributed by atoms with Gasteiger partial charge in [0.05, 0.1) is 19.8 Å². The van der Waals surface area contributed by atoms with E-state index in [0.717, 1.165) is 41.7 Å². The highest BCUT2D eigenvalue weighted by Crippen LogP contribution is 2.24. The minimum Gasteiger partial charge on any atom is -0.493 e. The Labute approximate surface area is 209 Å². The second-order valence-corrected chi connectivity index (χ2v) is 9.03. The fraction of sp³-hybridized carbons (Fsp3) is 0.500. The van der Waals surface area contributed by atoms with Gasteiger partial charge in [-0.05, 0) is 49.8 Å². The molecule has 0 spiro atoms. The molecular formula is C28H39N3O4. The monoisotopic (exact) mass is 481 g/mol. The van der Waals surface area contributed by atoms with Gasteiger partial charge >= 0.3 is 0 Å². The van der Waals surface area contributed by atoms with Crippen molar-refractivity contribution in [1.82, 2.24) is 15.1 Å². The predicted molar refractivity (Wildman–Crippen MR) is 137 cm³/mol. The van der Waals surface area contributed by atoms with Crippen LogP contribution in [0.2, 0.25) is 0 Å². The summed E-state index contributed by atoms with van der Waals surface area (Å²) in [6.45, 7) is 5.72. The molecule has 35 heavy (non-hydrogen) atoms. The number of aliphatic hydroxyl groups is 1. The zero-order chi connectivity index (χ0) is 24.9. The van der Waals surface area contributed by atoms with Gasteiger partial charge in [-0.25, -0.2) is 0 Å². The molecule has 3 rings (SSSR count). The van der Waals surface area contributed by atoms with Crippen LogP contribution in [0.3, 0.4) is 0 Å². The molecule has 0 aromatic heterocycles. The maximum Gasteiger partial charge on any atom is 0.234 e. The Morgan fingerprint density at radius 1 is 1.09 bits per heavy atom. The Kier molecular flexibility index (Phi) is 11.1. The van der Waals surface area contributed by atoms with Gasteiger partial charge in [0.1, 0.15) is 5.75 Å². The first-order chi connectivity index (χ1) is 17.1. The summed E-state index contributed by atoms with van der Waals surface area (Å²) >= 11 is 0. The summed E-state index contributed by atoms with van der Waals surface area (Å²) in [6.07, 6.45) is 3.90. The lowest BCUT2D eigenvalue weighted by Gasteiger charge is -2.24. The number of rotatable bonds is 8. The third kappa shape index (κ3) is 9.00. The van der Waals surface area contributed by atoms with Crippen molar-refractivity contribution < 1.29 is 19.4 Å². The number of hydrogen-bond donors (Lipinski definition) is 2. The highest BCUT2D eigenvalue weighted by atomic mass is 16.5. The Morgan fingerprint density at radius 2 is 1.91 bits per heavy atom. The van der Waals surface area contributed by atoms with E-state index in [1.165, 1.54) is 0 Å². The van der Waals surface area contributed by atoms with Crippen LogP contribution in [0.5, 0.6) is 5.75 Å². The van der Waals surface area contributed by atoms with Gasteiger partial charge in [-0.15, -0.1) is 0 Å². The molecule has 7 nitrogen and oxygen atoms in total. The minimum atomic E-state index is -0.0272. The molecule has 2 amide bonds.